The Bertz CT molecular complexity index is 438. The van der Waals surface area contributed by atoms with E-state index >= 15 is 0 Å². The summed E-state index contributed by atoms with van der Waals surface area (Å²) in [6.07, 6.45) is 0. The van der Waals surface area contributed by atoms with Crippen molar-refractivity contribution in [2.24, 2.45) is 5.92 Å². The molecule has 100 valence electrons. The number of esters is 1. The number of hydrogen-bond donors (Lipinski definition) is 0. The summed E-state index contributed by atoms with van der Waals surface area (Å²) in [7, 11) is 3.48. The zero-order valence-electron chi connectivity index (χ0n) is 12.2. The monoisotopic (exact) mass is 249 g/mol. The molecule has 0 aliphatic rings. The summed E-state index contributed by atoms with van der Waals surface area (Å²) < 4.78 is 4.83. The fourth-order valence-electron chi connectivity index (χ4n) is 2.20. The molecule has 3 nitrogen and oxygen atoms in total. The lowest BCUT2D eigenvalue weighted by atomic mass is 10.0. The van der Waals surface area contributed by atoms with E-state index in [1.54, 1.807) is 0 Å². The van der Waals surface area contributed by atoms with E-state index in [1.807, 2.05) is 19.9 Å². The van der Waals surface area contributed by atoms with Gasteiger partial charge in [0.2, 0.25) is 0 Å². The van der Waals surface area contributed by atoms with E-state index < -0.39 is 0 Å². The van der Waals surface area contributed by atoms with Crippen LogP contribution in [0.1, 0.15) is 35.3 Å². The quantitative estimate of drug-likeness (QED) is 0.768. The molecule has 0 saturated carbocycles. The lowest BCUT2D eigenvalue weighted by Crippen LogP contribution is -2.24. The van der Waals surface area contributed by atoms with Crippen LogP contribution in [0.15, 0.2) is 12.1 Å². The molecule has 0 aliphatic heterocycles. The Morgan fingerprint density at radius 3 is 2.44 bits per heavy atom. The number of ether oxygens (including phenoxy) is 1. The van der Waals surface area contributed by atoms with Crippen LogP contribution in [0.4, 0.5) is 5.69 Å². The minimum Gasteiger partial charge on any atom is -0.465 e. The van der Waals surface area contributed by atoms with E-state index in [-0.39, 0.29) is 5.97 Å². The molecule has 0 bridgehead atoms. The predicted molar refractivity (Wildman–Crippen MR) is 75.4 cm³/mol. The van der Waals surface area contributed by atoms with Crippen molar-refractivity contribution in [3.63, 3.8) is 0 Å². The number of aryl methyl sites for hydroxylation is 1. The Labute approximate surface area is 110 Å². The summed E-state index contributed by atoms with van der Waals surface area (Å²) in [5.74, 6) is 0.312. The van der Waals surface area contributed by atoms with Crippen LogP contribution in [-0.4, -0.2) is 26.7 Å². The number of nitrogens with zero attached hydrogens (tertiary/aromatic N) is 1. The number of anilines is 1. The highest BCUT2D eigenvalue weighted by Crippen LogP contribution is 2.25. The minimum absolute atomic E-state index is 0.268. The summed E-state index contributed by atoms with van der Waals surface area (Å²) >= 11 is 0. The second kappa shape index (κ2) is 5.89. The number of rotatable bonds is 4. The molecule has 1 aromatic carbocycles. The van der Waals surface area contributed by atoms with Crippen molar-refractivity contribution < 1.29 is 9.53 Å². The van der Waals surface area contributed by atoms with Crippen molar-refractivity contribution in [1.29, 1.82) is 0 Å². The Kier molecular flexibility index (Phi) is 4.76. The highest BCUT2D eigenvalue weighted by atomic mass is 16.5. The van der Waals surface area contributed by atoms with Crippen molar-refractivity contribution >= 4 is 11.7 Å². The number of benzene rings is 1. The summed E-state index contributed by atoms with van der Waals surface area (Å²) in [4.78, 5) is 13.9. The van der Waals surface area contributed by atoms with E-state index in [1.165, 1.54) is 7.11 Å². The highest BCUT2D eigenvalue weighted by molar-refractivity contribution is 5.93. The maximum Gasteiger partial charge on any atom is 0.338 e. The molecule has 0 amide bonds. The second-order valence-corrected chi connectivity index (χ2v) is 5.22. The van der Waals surface area contributed by atoms with Crippen LogP contribution in [0, 0.1) is 19.8 Å². The first-order valence-corrected chi connectivity index (χ1v) is 6.27. The largest absolute Gasteiger partial charge is 0.465 e. The third kappa shape index (κ3) is 3.25. The van der Waals surface area contributed by atoms with Gasteiger partial charge in [0.1, 0.15) is 0 Å². The molecule has 1 rings (SSSR count). The normalized spacial score (nSPS) is 10.6. The van der Waals surface area contributed by atoms with Gasteiger partial charge in [0.25, 0.3) is 0 Å². The van der Waals surface area contributed by atoms with Gasteiger partial charge >= 0.3 is 5.97 Å². The molecule has 0 spiro atoms. The van der Waals surface area contributed by atoms with Crippen LogP contribution in [-0.2, 0) is 4.74 Å². The molecule has 0 aliphatic carbocycles. The third-order valence-electron chi connectivity index (χ3n) is 2.98. The maximum atomic E-state index is 11.7. The van der Waals surface area contributed by atoms with Gasteiger partial charge in [-0.15, -0.1) is 0 Å². The molecule has 0 fully saturated rings. The highest BCUT2D eigenvalue weighted by Gasteiger charge is 2.15. The van der Waals surface area contributed by atoms with E-state index in [9.17, 15) is 4.79 Å². The number of carbonyl (C=O) groups excluding carboxylic acids is 1. The predicted octanol–water partition coefficient (Wildman–Crippen LogP) is 3.18. The molecule has 0 radical (unpaired) electrons. The topological polar surface area (TPSA) is 29.5 Å². The molecule has 0 N–H and O–H groups in total. The van der Waals surface area contributed by atoms with Gasteiger partial charge in [-0.25, -0.2) is 4.79 Å². The first-order valence-electron chi connectivity index (χ1n) is 6.27. The number of carbonyl (C=O) groups is 1. The Balaban J connectivity index is 3.20. The van der Waals surface area contributed by atoms with Gasteiger partial charge < -0.3 is 9.64 Å². The van der Waals surface area contributed by atoms with Gasteiger partial charge in [0.05, 0.1) is 12.7 Å². The van der Waals surface area contributed by atoms with Crippen molar-refractivity contribution in [1.82, 2.24) is 0 Å². The standard InChI is InChI=1S/C15H23NO2/c1-10(2)9-16(5)14-8-11(3)7-13(12(14)4)15(17)18-6/h7-8,10H,9H2,1-6H3. The van der Waals surface area contributed by atoms with Gasteiger partial charge in [0.15, 0.2) is 0 Å². The van der Waals surface area contributed by atoms with Crippen LogP contribution in [0.25, 0.3) is 0 Å². The summed E-state index contributed by atoms with van der Waals surface area (Å²) in [6, 6.07) is 4.00. The van der Waals surface area contributed by atoms with E-state index in [0.717, 1.165) is 23.4 Å². The van der Waals surface area contributed by atoms with Gasteiger partial charge in [-0.05, 0) is 43.0 Å². The van der Waals surface area contributed by atoms with Crippen LogP contribution in [0.5, 0.6) is 0 Å². The molecule has 1 aromatic rings. The molecule has 0 aromatic heterocycles. The van der Waals surface area contributed by atoms with Gasteiger partial charge in [-0.3, -0.25) is 0 Å². The Morgan fingerprint density at radius 2 is 1.94 bits per heavy atom. The molecule has 0 unspecified atom stereocenters. The molecular formula is C15H23NO2. The van der Waals surface area contributed by atoms with Crippen LogP contribution in [0.3, 0.4) is 0 Å². The molecule has 3 heteroatoms. The zero-order valence-corrected chi connectivity index (χ0v) is 12.2. The van der Waals surface area contributed by atoms with Crippen molar-refractivity contribution in [2.45, 2.75) is 27.7 Å². The lowest BCUT2D eigenvalue weighted by Gasteiger charge is -2.25. The fourth-order valence-corrected chi connectivity index (χ4v) is 2.20. The first kappa shape index (κ1) is 14.6. The van der Waals surface area contributed by atoms with E-state index in [0.29, 0.717) is 11.5 Å². The maximum absolute atomic E-state index is 11.7. The van der Waals surface area contributed by atoms with Crippen molar-refractivity contribution in [3.05, 3.63) is 28.8 Å². The number of methoxy groups -OCH3 is 1. The van der Waals surface area contributed by atoms with Crippen molar-refractivity contribution in [3.8, 4) is 0 Å². The van der Waals surface area contributed by atoms with Gasteiger partial charge in [0, 0.05) is 19.3 Å². The lowest BCUT2D eigenvalue weighted by molar-refractivity contribution is 0.0600. The van der Waals surface area contributed by atoms with E-state index in [4.69, 9.17) is 4.74 Å². The average molecular weight is 249 g/mol. The smallest absolute Gasteiger partial charge is 0.338 e. The van der Waals surface area contributed by atoms with E-state index in [2.05, 4.69) is 31.9 Å². The molecule has 0 heterocycles. The molecule has 0 saturated heterocycles. The zero-order chi connectivity index (χ0) is 13.9. The molecular weight excluding hydrogens is 226 g/mol. The molecule has 18 heavy (non-hydrogen) atoms. The number of hydrogen-bond acceptors (Lipinski definition) is 3. The summed E-state index contributed by atoms with van der Waals surface area (Å²) in [5, 5.41) is 0. The van der Waals surface area contributed by atoms with Gasteiger partial charge in [-0.2, -0.15) is 0 Å². The van der Waals surface area contributed by atoms with Crippen molar-refractivity contribution in [2.75, 3.05) is 25.6 Å². The summed E-state index contributed by atoms with van der Waals surface area (Å²) in [5.41, 5.74) is 3.81. The first-order chi connectivity index (χ1) is 8.36. The van der Waals surface area contributed by atoms with Gasteiger partial charge in [-0.1, -0.05) is 13.8 Å². The van der Waals surface area contributed by atoms with Crippen LogP contribution < -0.4 is 4.90 Å². The Morgan fingerprint density at radius 1 is 1.33 bits per heavy atom. The second-order valence-electron chi connectivity index (χ2n) is 5.22. The summed E-state index contributed by atoms with van der Waals surface area (Å²) in [6.45, 7) is 9.30. The SMILES string of the molecule is COC(=O)c1cc(C)cc(N(C)CC(C)C)c1C. The third-order valence-corrected chi connectivity index (χ3v) is 2.98. The van der Waals surface area contributed by atoms with Crippen LogP contribution in [0.2, 0.25) is 0 Å². The fraction of sp³-hybridized carbons (Fsp3) is 0.533. The average Bonchev–Trinajstić information content (AvgIpc) is 2.29. The van der Waals surface area contributed by atoms with Crippen LogP contribution >= 0.6 is 0 Å². The Hall–Kier alpha value is -1.51. The molecule has 0 atom stereocenters. The minimum atomic E-state index is -0.268.